The van der Waals surface area contributed by atoms with Crippen molar-refractivity contribution in [1.29, 1.82) is 0 Å². The molecular weight excluding hydrogens is 444 g/mol. The molecule has 1 fully saturated rings. The maximum absolute atomic E-state index is 13.2. The van der Waals surface area contributed by atoms with E-state index in [1.807, 2.05) is 36.6 Å². The molecule has 5 rings (SSSR count). The minimum atomic E-state index is -0.105. The van der Waals surface area contributed by atoms with Crippen LogP contribution >= 0.6 is 11.3 Å². The third-order valence-corrected chi connectivity index (χ3v) is 7.29. The van der Waals surface area contributed by atoms with Crippen molar-refractivity contribution in [2.75, 3.05) is 18.0 Å². The molecule has 1 N–H and O–H groups in total. The van der Waals surface area contributed by atoms with Crippen LogP contribution in [-0.2, 0) is 17.9 Å². The highest BCUT2D eigenvalue weighted by molar-refractivity contribution is 7.17. The summed E-state index contributed by atoms with van der Waals surface area (Å²) in [6.45, 7) is 5.05. The van der Waals surface area contributed by atoms with Crippen molar-refractivity contribution in [3.8, 4) is 11.1 Å². The van der Waals surface area contributed by atoms with Crippen LogP contribution in [0.25, 0.3) is 21.3 Å². The van der Waals surface area contributed by atoms with Crippen molar-refractivity contribution in [1.82, 2.24) is 14.9 Å². The molecule has 0 spiro atoms. The zero-order valence-corrected chi connectivity index (χ0v) is 20.1. The number of amides is 1. The number of anilines is 1. The van der Waals surface area contributed by atoms with Gasteiger partial charge in [-0.2, -0.15) is 0 Å². The molecule has 0 aliphatic carbocycles. The number of aryl methyl sites for hydroxylation is 2. The standard InChI is InChI=1S/C27H28N4O2S/c1-19-4-8-21(9-5-19)23-17-34-26-25(23)27(33)31(18-29-26)15-12-24(32)28-16-20-6-10-22(11-7-20)30-13-2-3-14-30/h4-11,17-18H,2-3,12-16H2,1H3,(H,28,32). The van der Waals surface area contributed by atoms with Gasteiger partial charge in [0.1, 0.15) is 4.83 Å². The summed E-state index contributed by atoms with van der Waals surface area (Å²) in [5.41, 5.74) is 5.28. The molecule has 4 aromatic rings. The van der Waals surface area contributed by atoms with E-state index in [2.05, 4.69) is 39.5 Å². The summed E-state index contributed by atoms with van der Waals surface area (Å²) in [5, 5.41) is 5.57. The number of aromatic nitrogens is 2. The topological polar surface area (TPSA) is 67.2 Å². The Morgan fingerprint density at radius 3 is 2.53 bits per heavy atom. The van der Waals surface area contributed by atoms with Crippen molar-refractivity contribution in [3.63, 3.8) is 0 Å². The van der Waals surface area contributed by atoms with Crippen LogP contribution in [0.1, 0.15) is 30.4 Å². The number of hydrogen-bond acceptors (Lipinski definition) is 5. The van der Waals surface area contributed by atoms with Gasteiger partial charge in [0.05, 0.1) is 11.7 Å². The molecule has 1 amide bonds. The molecule has 0 atom stereocenters. The first-order valence-electron chi connectivity index (χ1n) is 11.7. The maximum Gasteiger partial charge on any atom is 0.262 e. The Balaban J connectivity index is 1.22. The molecule has 1 aliphatic heterocycles. The second-order valence-electron chi connectivity index (χ2n) is 8.83. The zero-order valence-electron chi connectivity index (χ0n) is 19.3. The summed E-state index contributed by atoms with van der Waals surface area (Å²) in [6, 6.07) is 16.5. The molecular formula is C27H28N4O2S. The van der Waals surface area contributed by atoms with E-state index in [9.17, 15) is 9.59 Å². The summed E-state index contributed by atoms with van der Waals surface area (Å²) in [5.74, 6) is -0.0836. The van der Waals surface area contributed by atoms with Gasteiger partial charge in [-0.3, -0.25) is 14.2 Å². The van der Waals surface area contributed by atoms with Gasteiger partial charge in [-0.05, 0) is 43.0 Å². The molecule has 1 saturated heterocycles. The van der Waals surface area contributed by atoms with Gasteiger partial charge < -0.3 is 10.2 Å². The van der Waals surface area contributed by atoms with Gasteiger partial charge in [0, 0.05) is 49.2 Å². The minimum Gasteiger partial charge on any atom is -0.372 e. The van der Waals surface area contributed by atoms with E-state index in [4.69, 9.17) is 0 Å². The van der Waals surface area contributed by atoms with E-state index in [0.717, 1.165) is 34.6 Å². The van der Waals surface area contributed by atoms with E-state index in [1.165, 1.54) is 40.0 Å². The monoisotopic (exact) mass is 472 g/mol. The predicted octanol–water partition coefficient (Wildman–Crippen LogP) is 4.74. The number of benzene rings is 2. The molecule has 174 valence electrons. The molecule has 2 aromatic carbocycles. The summed E-state index contributed by atoms with van der Waals surface area (Å²) >= 11 is 1.47. The van der Waals surface area contributed by atoms with E-state index >= 15 is 0 Å². The van der Waals surface area contributed by atoms with Crippen LogP contribution < -0.4 is 15.8 Å². The van der Waals surface area contributed by atoms with E-state index in [-0.39, 0.29) is 17.9 Å². The Labute approximate surface area is 202 Å². The van der Waals surface area contributed by atoms with Crippen molar-refractivity contribution in [2.24, 2.45) is 0 Å². The Morgan fingerprint density at radius 1 is 1.06 bits per heavy atom. The number of thiophene rings is 1. The lowest BCUT2D eigenvalue weighted by molar-refractivity contribution is -0.121. The second kappa shape index (κ2) is 9.81. The average Bonchev–Trinajstić information content (AvgIpc) is 3.54. The minimum absolute atomic E-state index is 0.0836. The molecule has 34 heavy (non-hydrogen) atoms. The van der Waals surface area contributed by atoms with Crippen LogP contribution in [0.2, 0.25) is 0 Å². The second-order valence-corrected chi connectivity index (χ2v) is 9.68. The van der Waals surface area contributed by atoms with Gasteiger partial charge in [0.2, 0.25) is 5.91 Å². The number of nitrogens with zero attached hydrogens (tertiary/aromatic N) is 3. The smallest absolute Gasteiger partial charge is 0.262 e. The van der Waals surface area contributed by atoms with E-state index in [1.54, 1.807) is 6.33 Å². The fourth-order valence-corrected chi connectivity index (χ4v) is 5.29. The van der Waals surface area contributed by atoms with Crippen molar-refractivity contribution in [2.45, 2.75) is 39.3 Å². The lowest BCUT2D eigenvalue weighted by Crippen LogP contribution is -2.27. The normalized spacial score (nSPS) is 13.5. The quantitative estimate of drug-likeness (QED) is 0.422. The van der Waals surface area contributed by atoms with Crippen molar-refractivity contribution < 1.29 is 4.79 Å². The highest BCUT2D eigenvalue weighted by atomic mass is 32.1. The van der Waals surface area contributed by atoms with Crippen molar-refractivity contribution in [3.05, 3.63) is 81.7 Å². The Kier molecular flexibility index (Phi) is 6.45. The van der Waals surface area contributed by atoms with Gasteiger partial charge in [0.15, 0.2) is 0 Å². The van der Waals surface area contributed by atoms with Gasteiger partial charge in [-0.1, -0.05) is 42.0 Å². The number of nitrogens with one attached hydrogen (secondary N) is 1. The number of carbonyl (C=O) groups excluding carboxylic acids is 1. The zero-order chi connectivity index (χ0) is 23.5. The first-order valence-corrected chi connectivity index (χ1v) is 12.6. The number of carbonyl (C=O) groups is 1. The molecule has 2 aromatic heterocycles. The average molecular weight is 473 g/mol. The summed E-state index contributed by atoms with van der Waals surface area (Å²) in [4.78, 5) is 33.2. The fraction of sp³-hybridized carbons (Fsp3) is 0.296. The van der Waals surface area contributed by atoms with Crippen LogP contribution in [0.5, 0.6) is 0 Å². The van der Waals surface area contributed by atoms with Crippen LogP contribution in [-0.4, -0.2) is 28.5 Å². The highest BCUT2D eigenvalue weighted by Gasteiger charge is 2.14. The molecule has 3 heterocycles. The summed E-state index contributed by atoms with van der Waals surface area (Å²) in [6.07, 6.45) is 4.28. The predicted molar refractivity (Wildman–Crippen MR) is 138 cm³/mol. The molecule has 0 unspecified atom stereocenters. The molecule has 0 bridgehead atoms. The molecule has 6 nitrogen and oxygen atoms in total. The van der Waals surface area contributed by atoms with Gasteiger partial charge in [-0.25, -0.2) is 4.98 Å². The lowest BCUT2D eigenvalue weighted by atomic mass is 10.1. The third-order valence-electron chi connectivity index (χ3n) is 6.40. The van der Waals surface area contributed by atoms with Gasteiger partial charge >= 0.3 is 0 Å². The maximum atomic E-state index is 13.2. The number of fused-ring (bicyclic) bond motifs is 1. The molecule has 1 aliphatic rings. The first-order chi connectivity index (χ1) is 16.6. The molecule has 0 radical (unpaired) electrons. The van der Waals surface area contributed by atoms with E-state index < -0.39 is 0 Å². The third kappa shape index (κ3) is 4.75. The summed E-state index contributed by atoms with van der Waals surface area (Å²) < 4.78 is 1.54. The highest BCUT2D eigenvalue weighted by Crippen LogP contribution is 2.30. The SMILES string of the molecule is Cc1ccc(-c2csc3ncn(CCC(=O)NCc4ccc(N5CCCC5)cc4)c(=O)c23)cc1. The fourth-order valence-electron chi connectivity index (χ4n) is 4.38. The molecule has 7 heteroatoms. The summed E-state index contributed by atoms with van der Waals surface area (Å²) in [7, 11) is 0. The lowest BCUT2D eigenvalue weighted by Gasteiger charge is -2.17. The Bertz CT molecular complexity index is 1350. The van der Waals surface area contributed by atoms with Crippen LogP contribution in [0, 0.1) is 6.92 Å². The number of hydrogen-bond donors (Lipinski definition) is 1. The Hall–Kier alpha value is -3.45. The Morgan fingerprint density at radius 2 is 1.79 bits per heavy atom. The van der Waals surface area contributed by atoms with Gasteiger partial charge in [-0.15, -0.1) is 11.3 Å². The first kappa shape index (κ1) is 22.3. The van der Waals surface area contributed by atoms with Gasteiger partial charge in [0.25, 0.3) is 5.56 Å². The largest absolute Gasteiger partial charge is 0.372 e. The van der Waals surface area contributed by atoms with Crippen LogP contribution in [0.4, 0.5) is 5.69 Å². The van der Waals surface area contributed by atoms with E-state index in [0.29, 0.717) is 18.5 Å². The molecule has 0 saturated carbocycles. The van der Waals surface area contributed by atoms with Crippen molar-refractivity contribution >= 4 is 33.1 Å². The number of rotatable bonds is 7. The van der Waals surface area contributed by atoms with Crippen LogP contribution in [0.3, 0.4) is 0 Å². The van der Waals surface area contributed by atoms with Crippen LogP contribution in [0.15, 0.2) is 65.0 Å².